The third-order valence-corrected chi connectivity index (χ3v) is 1.84. The Kier molecular flexibility index (Phi) is 5.65. The van der Waals surface area contributed by atoms with Crippen molar-refractivity contribution in [2.45, 2.75) is 65.2 Å². The van der Waals surface area contributed by atoms with Gasteiger partial charge in [-0.15, -0.1) is 0 Å². The number of carbonyl (C=O) groups excluding carboxylic acids is 1. The van der Waals surface area contributed by atoms with Gasteiger partial charge in [0.05, 0.1) is 6.10 Å². The van der Waals surface area contributed by atoms with Gasteiger partial charge in [-0.25, -0.2) is 4.79 Å². The van der Waals surface area contributed by atoms with E-state index >= 15 is 0 Å². The fourth-order valence-corrected chi connectivity index (χ4v) is 1.21. The van der Waals surface area contributed by atoms with Gasteiger partial charge in [0.25, 0.3) is 0 Å². The number of hydrogen-bond donors (Lipinski definition) is 2. The molecule has 0 fully saturated rings. The predicted molar refractivity (Wildman–Crippen MR) is 59.7 cm³/mol. The number of aliphatic hydroxyl groups is 1. The smallest absolute Gasteiger partial charge is 0.407 e. The topological polar surface area (TPSA) is 58.6 Å². The van der Waals surface area contributed by atoms with E-state index in [0.29, 0.717) is 6.42 Å². The maximum atomic E-state index is 11.4. The molecular formula is C11H23NO3. The molecule has 0 heterocycles. The van der Waals surface area contributed by atoms with Crippen molar-refractivity contribution in [2.24, 2.45) is 0 Å². The predicted octanol–water partition coefficient (Wildman–Crippen LogP) is 2.06. The minimum atomic E-state index is -0.479. The summed E-state index contributed by atoms with van der Waals surface area (Å²) in [5.74, 6) is 0. The first-order valence-electron chi connectivity index (χ1n) is 5.42. The van der Waals surface area contributed by atoms with Gasteiger partial charge in [0.2, 0.25) is 0 Å². The van der Waals surface area contributed by atoms with E-state index in [-0.39, 0.29) is 6.04 Å². The lowest BCUT2D eigenvalue weighted by Gasteiger charge is -2.23. The van der Waals surface area contributed by atoms with Gasteiger partial charge in [-0.05, 0) is 40.5 Å². The van der Waals surface area contributed by atoms with Crippen LogP contribution in [0.15, 0.2) is 0 Å². The molecule has 4 heteroatoms. The van der Waals surface area contributed by atoms with Gasteiger partial charge in [-0.1, -0.05) is 6.92 Å². The zero-order valence-corrected chi connectivity index (χ0v) is 10.3. The van der Waals surface area contributed by atoms with Crippen LogP contribution < -0.4 is 5.32 Å². The van der Waals surface area contributed by atoms with Crippen LogP contribution in [0.4, 0.5) is 4.79 Å². The maximum Gasteiger partial charge on any atom is 0.407 e. The Bertz CT molecular complexity index is 196. The van der Waals surface area contributed by atoms with Crippen molar-refractivity contribution >= 4 is 6.09 Å². The fraction of sp³-hybridized carbons (Fsp3) is 0.909. The van der Waals surface area contributed by atoms with Crippen molar-refractivity contribution in [3.63, 3.8) is 0 Å². The van der Waals surface area contributed by atoms with Crippen LogP contribution in [0.3, 0.4) is 0 Å². The molecule has 0 aromatic carbocycles. The molecule has 0 aliphatic rings. The largest absolute Gasteiger partial charge is 0.444 e. The van der Waals surface area contributed by atoms with Crippen molar-refractivity contribution in [3.8, 4) is 0 Å². The summed E-state index contributed by atoms with van der Waals surface area (Å²) < 4.78 is 5.12. The third kappa shape index (κ3) is 8.24. The highest BCUT2D eigenvalue weighted by Crippen LogP contribution is 2.08. The highest BCUT2D eigenvalue weighted by molar-refractivity contribution is 5.68. The van der Waals surface area contributed by atoms with Crippen molar-refractivity contribution in [2.75, 3.05) is 0 Å². The van der Waals surface area contributed by atoms with E-state index in [0.717, 1.165) is 6.42 Å². The molecule has 0 bridgehead atoms. The molecule has 1 amide bonds. The second-order valence-electron chi connectivity index (χ2n) is 4.84. The summed E-state index contributed by atoms with van der Waals surface area (Å²) in [5, 5.41) is 11.9. The van der Waals surface area contributed by atoms with Crippen molar-refractivity contribution < 1.29 is 14.6 Å². The van der Waals surface area contributed by atoms with E-state index in [1.54, 1.807) is 6.92 Å². The summed E-state index contributed by atoms with van der Waals surface area (Å²) in [6.45, 7) is 9.14. The first-order valence-corrected chi connectivity index (χ1v) is 5.42. The zero-order chi connectivity index (χ0) is 12.1. The number of rotatable bonds is 4. The van der Waals surface area contributed by atoms with E-state index in [9.17, 15) is 9.90 Å². The Morgan fingerprint density at radius 2 is 2.00 bits per heavy atom. The molecule has 0 aliphatic heterocycles. The van der Waals surface area contributed by atoms with Crippen LogP contribution >= 0.6 is 0 Å². The Balaban J connectivity index is 4.02. The highest BCUT2D eigenvalue weighted by atomic mass is 16.6. The summed E-state index contributed by atoms with van der Waals surface area (Å²) in [7, 11) is 0. The number of carbonyl (C=O) groups is 1. The molecule has 4 nitrogen and oxygen atoms in total. The van der Waals surface area contributed by atoms with Crippen LogP contribution in [0.25, 0.3) is 0 Å². The van der Waals surface area contributed by atoms with Gasteiger partial charge in [-0.2, -0.15) is 0 Å². The Morgan fingerprint density at radius 1 is 1.47 bits per heavy atom. The summed E-state index contributed by atoms with van der Waals surface area (Å²) in [6.07, 6.45) is 0.500. The van der Waals surface area contributed by atoms with Crippen molar-refractivity contribution in [1.29, 1.82) is 0 Å². The van der Waals surface area contributed by atoms with E-state index in [1.165, 1.54) is 0 Å². The number of aliphatic hydroxyl groups excluding tert-OH is 1. The Labute approximate surface area is 92.0 Å². The van der Waals surface area contributed by atoms with E-state index < -0.39 is 17.8 Å². The van der Waals surface area contributed by atoms with Gasteiger partial charge >= 0.3 is 6.09 Å². The van der Waals surface area contributed by atoms with Crippen molar-refractivity contribution in [1.82, 2.24) is 5.32 Å². The van der Waals surface area contributed by atoms with Gasteiger partial charge in [0, 0.05) is 6.04 Å². The average molecular weight is 217 g/mol. The zero-order valence-electron chi connectivity index (χ0n) is 10.3. The molecule has 0 saturated heterocycles. The van der Waals surface area contributed by atoms with E-state index in [4.69, 9.17) is 4.74 Å². The monoisotopic (exact) mass is 217 g/mol. The second-order valence-corrected chi connectivity index (χ2v) is 4.84. The van der Waals surface area contributed by atoms with Crippen LogP contribution in [0.2, 0.25) is 0 Å². The van der Waals surface area contributed by atoms with Crippen LogP contribution in [-0.4, -0.2) is 28.9 Å². The van der Waals surface area contributed by atoms with Crippen LogP contribution in [0.1, 0.15) is 47.5 Å². The maximum absolute atomic E-state index is 11.4. The minimum absolute atomic E-state index is 0.0279. The molecule has 15 heavy (non-hydrogen) atoms. The quantitative estimate of drug-likeness (QED) is 0.757. The highest BCUT2D eigenvalue weighted by Gasteiger charge is 2.19. The van der Waals surface area contributed by atoms with Gasteiger partial charge < -0.3 is 15.2 Å². The first-order chi connectivity index (χ1) is 6.74. The van der Waals surface area contributed by atoms with Gasteiger partial charge in [0.1, 0.15) is 5.60 Å². The lowest BCUT2D eigenvalue weighted by atomic mass is 10.1. The molecule has 2 N–H and O–H groups in total. The molecule has 0 saturated carbocycles. The number of hydrogen-bond acceptors (Lipinski definition) is 3. The summed E-state index contributed by atoms with van der Waals surface area (Å²) >= 11 is 0. The lowest BCUT2D eigenvalue weighted by molar-refractivity contribution is 0.0485. The van der Waals surface area contributed by atoms with Gasteiger partial charge in [-0.3, -0.25) is 0 Å². The second kappa shape index (κ2) is 5.95. The lowest BCUT2D eigenvalue weighted by Crippen LogP contribution is -2.40. The van der Waals surface area contributed by atoms with Gasteiger partial charge in [0.15, 0.2) is 0 Å². The molecule has 2 atom stereocenters. The van der Waals surface area contributed by atoms with Crippen LogP contribution in [0, 0.1) is 0 Å². The summed E-state index contributed by atoms with van der Waals surface area (Å²) in [6, 6.07) is -0.0279. The Hall–Kier alpha value is -0.770. The molecule has 0 aromatic heterocycles. The number of nitrogens with one attached hydrogen (secondary N) is 1. The van der Waals surface area contributed by atoms with E-state index in [1.807, 2.05) is 27.7 Å². The molecule has 0 aliphatic carbocycles. The summed E-state index contributed by atoms with van der Waals surface area (Å²) in [5.41, 5.74) is -0.479. The molecule has 0 rings (SSSR count). The third-order valence-electron chi connectivity index (χ3n) is 1.84. The fourth-order valence-electron chi connectivity index (χ4n) is 1.21. The number of ether oxygens (including phenoxy) is 1. The Morgan fingerprint density at radius 3 is 2.33 bits per heavy atom. The summed E-state index contributed by atoms with van der Waals surface area (Å²) in [4.78, 5) is 11.4. The minimum Gasteiger partial charge on any atom is -0.444 e. The molecule has 0 aromatic rings. The normalized spacial score (nSPS) is 15.6. The number of amides is 1. The van der Waals surface area contributed by atoms with Crippen molar-refractivity contribution in [3.05, 3.63) is 0 Å². The van der Waals surface area contributed by atoms with Crippen LogP contribution in [-0.2, 0) is 4.74 Å². The van der Waals surface area contributed by atoms with E-state index in [2.05, 4.69) is 5.32 Å². The average Bonchev–Trinajstić information content (AvgIpc) is 1.98. The molecule has 0 radical (unpaired) electrons. The molecular weight excluding hydrogens is 194 g/mol. The molecule has 2 unspecified atom stereocenters. The first kappa shape index (κ1) is 14.2. The van der Waals surface area contributed by atoms with Crippen LogP contribution in [0.5, 0.6) is 0 Å². The standard InChI is InChI=1S/C11H23NO3/c1-6-9(7-8(2)13)12-10(14)15-11(3,4)5/h8-9,13H,6-7H2,1-5H3,(H,12,14). The molecule has 90 valence electrons. The molecule has 0 spiro atoms. The SMILES string of the molecule is CCC(CC(C)O)NC(=O)OC(C)(C)C. The number of alkyl carbamates (subject to hydrolysis) is 1.